The number of piperidine rings is 1. The quantitative estimate of drug-likeness (QED) is 0.895. The van der Waals surface area contributed by atoms with Gasteiger partial charge in [0.05, 0.1) is 12.5 Å². The van der Waals surface area contributed by atoms with Crippen molar-refractivity contribution in [1.82, 2.24) is 15.2 Å². The molecule has 1 aliphatic heterocycles. The number of anilines is 1. The van der Waals surface area contributed by atoms with Gasteiger partial charge in [-0.05, 0) is 36.4 Å². The van der Waals surface area contributed by atoms with Crippen molar-refractivity contribution in [1.29, 1.82) is 0 Å². The van der Waals surface area contributed by atoms with Gasteiger partial charge in [0.1, 0.15) is 0 Å². The number of urea groups is 1. The number of carbonyl (C=O) groups excluding carboxylic acids is 2. The highest BCUT2D eigenvalue weighted by Crippen LogP contribution is 2.19. The van der Waals surface area contributed by atoms with Crippen LogP contribution in [0.15, 0.2) is 42.0 Å². The van der Waals surface area contributed by atoms with Gasteiger partial charge in [-0.25, -0.2) is 4.79 Å². The smallest absolute Gasteiger partial charge is 0.317 e. The zero-order valence-corrected chi connectivity index (χ0v) is 14.1. The van der Waals surface area contributed by atoms with E-state index in [0.717, 1.165) is 23.4 Å². The summed E-state index contributed by atoms with van der Waals surface area (Å²) >= 11 is 1.62. The van der Waals surface area contributed by atoms with Crippen molar-refractivity contribution in [3.63, 3.8) is 0 Å². The molecule has 3 rings (SSSR count). The minimum atomic E-state index is -0.181. The lowest BCUT2D eigenvalue weighted by Crippen LogP contribution is -2.47. The third-order valence-corrected chi connectivity index (χ3v) is 4.90. The molecule has 0 bridgehead atoms. The van der Waals surface area contributed by atoms with Crippen LogP contribution >= 0.6 is 11.3 Å². The predicted molar refractivity (Wildman–Crippen MR) is 93.7 cm³/mol. The van der Waals surface area contributed by atoms with Crippen LogP contribution in [0.3, 0.4) is 0 Å². The first-order valence-electron chi connectivity index (χ1n) is 7.98. The maximum Gasteiger partial charge on any atom is 0.317 e. The SMILES string of the molecule is O=C(Nc1ccncc1)C1CCCN(C(=O)NCc2cccs2)C1. The number of rotatable bonds is 4. The molecule has 2 aromatic rings. The summed E-state index contributed by atoms with van der Waals surface area (Å²) in [6, 6.07) is 7.36. The van der Waals surface area contributed by atoms with Gasteiger partial charge in [-0.3, -0.25) is 9.78 Å². The summed E-state index contributed by atoms with van der Waals surface area (Å²) in [6.45, 7) is 1.67. The van der Waals surface area contributed by atoms with E-state index >= 15 is 0 Å². The van der Waals surface area contributed by atoms with Crippen molar-refractivity contribution in [3.8, 4) is 0 Å². The normalized spacial score (nSPS) is 17.3. The van der Waals surface area contributed by atoms with Crippen LogP contribution in [0.2, 0.25) is 0 Å². The minimum absolute atomic E-state index is 0.0445. The van der Waals surface area contributed by atoms with Crippen LogP contribution in [0, 0.1) is 5.92 Å². The van der Waals surface area contributed by atoms with E-state index in [9.17, 15) is 9.59 Å². The number of pyridine rings is 1. The van der Waals surface area contributed by atoms with Crippen LogP contribution in [-0.2, 0) is 11.3 Å². The molecule has 0 spiro atoms. The van der Waals surface area contributed by atoms with Crippen LogP contribution < -0.4 is 10.6 Å². The van der Waals surface area contributed by atoms with Crippen molar-refractivity contribution in [2.24, 2.45) is 5.92 Å². The van der Waals surface area contributed by atoms with E-state index in [1.54, 1.807) is 40.8 Å². The van der Waals surface area contributed by atoms with Crippen LogP contribution in [0.5, 0.6) is 0 Å². The largest absolute Gasteiger partial charge is 0.333 e. The highest BCUT2D eigenvalue weighted by molar-refractivity contribution is 7.09. The molecule has 0 radical (unpaired) electrons. The van der Waals surface area contributed by atoms with Crippen molar-refractivity contribution in [2.75, 3.05) is 18.4 Å². The van der Waals surface area contributed by atoms with Crippen LogP contribution in [0.1, 0.15) is 17.7 Å². The molecule has 7 heteroatoms. The molecule has 1 atom stereocenters. The molecule has 0 aliphatic carbocycles. The maximum atomic E-state index is 12.4. The Labute approximate surface area is 144 Å². The molecule has 126 valence electrons. The Hall–Kier alpha value is -2.41. The molecule has 0 saturated carbocycles. The van der Waals surface area contributed by atoms with E-state index in [0.29, 0.717) is 19.6 Å². The van der Waals surface area contributed by atoms with Gasteiger partial charge in [-0.15, -0.1) is 11.3 Å². The van der Waals surface area contributed by atoms with E-state index in [2.05, 4.69) is 15.6 Å². The van der Waals surface area contributed by atoms with E-state index in [1.807, 2.05) is 17.5 Å². The zero-order chi connectivity index (χ0) is 16.8. The van der Waals surface area contributed by atoms with Gasteiger partial charge in [0, 0.05) is 36.0 Å². The second-order valence-electron chi connectivity index (χ2n) is 5.75. The lowest BCUT2D eigenvalue weighted by molar-refractivity contribution is -0.121. The summed E-state index contributed by atoms with van der Waals surface area (Å²) in [5.74, 6) is -0.226. The second-order valence-corrected chi connectivity index (χ2v) is 6.78. The molecule has 6 nitrogen and oxygen atoms in total. The van der Waals surface area contributed by atoms with E-state index in [4.69, 9.17) is 0 Å². The Morgan fingerprint density at radius 3 is 2.88 bits per heavy atom. The summed E-state index contributed by atoms with van der Waals surface area (Å²) in [5.41, 5.74) is 0.731. The van der Waals surface area contributed by atoms with Crippen LogP contribution in [0.25, 0.3) is 0 Å². The Morgan fingerprint density at radius 2 is 2.12 bits per heavy atom. The van der Waals surface area contributed by atoms with Crippen molar-refractivity contribution >= 4 is 29.0 Å². The average molecular weight is 344 g/mol. The molecular weight excluding hydrogens is 324 g/mol. The van der Waals surface area contributed by atoms with Crippen LogP contribution in [0.4, 0.5) is 10.5 Å². The summed E-state index contributed by atoms with van der Waals surface area (Å²) < 4.78 is 0. The number of likely N-dealkylation sites (tertiary alicyclic amines) is 1. The lowest BCUT2D eigenvalue weighted by Gasteiger charge is -2.32. The van der Waals surface area contributed by atoms with Crippen molar-refractivity contribution in [3.05, 3.63) is 46.9 Å². The fourth-order valence-corrected chi connectivity index (χ4v) is 3.39. The van der Waals surface area contributed by atoms with Gasteiger partial charge in [0.25, 0.3) is 0 Å². The van der Waals surface area contributed by atoms with Crippen LogP contribution in [-0.4, -0.2) is 34.9 Å². The average Bonchev–Trinajstić information content (AvgIpc) is 3.14. The molecular formula is C17H20N4O2S. The molecule has 3 heterocycles. The molecule has 1 unspecified atom stereocenters. The van der Waals surface area contributed by atoms with Crippen molar-refractivity contribution < 1.29 is 9.59 Å². The standard InChI is InChI=1S/C17H20N4O2S/c22-16(20-14-5-7-18-8-6-14)13-3-1-9-21(12-13)17(23)19-11-15-4-2-10-24-15/h2,4-8,10,13H,1,3,9,11-12H2,(H,19,23)(H,18,20,22). The van der Waals surface area contributed by atoms with Gasteiger partial charge in [-0.1, -0.05) is 6.07 Å². The molecule has 1 aliphatic rings. The first-order chi connectivity index (χ1) is 11.7. The monoisotopic (exact) mass is 344 g/mol. The Bertz CT molecular complexity index is 675. The number of hydrogen-bond acceptors (Lipinski definition) is 4. The molecule has 2 N–H and O–H groups in total. The predicted octanol–water partition coefficient (Wildman–Crippen LogP) is 2.70. The Morgan fingerprint density at radius 1 is 1.29 bits per heavy atom. The van der Waals surface area contributed by atoms with E-state index in [1.165, 1.54) is 0 Å². The van der Waals surface area contributed by atoms with Gasteiger partial charge in [0.2, 0.25) is 5.91 Å². The fourth-order valence-electron chi connectivity index (χ4n) is 2.74. The van der Waals surface area contributed by atoms with Crippen molar-refractivity contribution in [2.45, 2.75) is 19.4 Å². The molecule has 24 heavy (non-hydrogen) atoms. The molecule has 1 saturated heterocycles. The van der Waals surface area contributed by atoms with Gasteiger partial charge in [-0.2, -0.15) is 0 Å². The number of nitrogens with one attached hydrogen (secondary N) is 2. The third kappa shape index (κ3) is 4.32. The highest BCUT2D eigenvalue weighted by Gasteiger charge is 2.28. The van der Waals surface area contributed by atoms with Gasteiger partial charge in [0.15, 0.2) is 0 Å². The Balaban J connectivity index is 1.51. The topological polar surface area (TPSA) is 74.3 Å². The first-order valence-corrected chi connectivity index (χ1v) is 8.86. The summed E-state index contributed by atoms with van der Waals surface area (Å²) in [7, 11) is 0. The number of carbonyl (C=O) groups is 2. The first kappa shape index (κ1) is 16.4. The Kier molecular flexibility index (Phi) is 5.43. The minimum Gasteiger partial charge on any atom is -0.333 e. The third-order valence-electron chi connectivity index (χ3n) is 4.02. The highest BCUT2D eigenvalue weighted by atomic mass is 32.1. The number of aromatic nitrogens is 1. The second kappa shape index (κ2) is 7.92. The fraction of sp³-hybridized carbons (Fsp3) is 0.353. The molecule has 2 aromatic heterocycles. The van der Waals surface area contributed by atoms with E-state index in [-0.39, 0.29) is 17.9 Å². The van der Waals surface area contributed by atoms with E-state index < -0.39 is 0 Å². The zero-order valence-electron chi connectivity index (χ0n) is 13.3. The summed E-state index contributed by atoms with van der Waals surface area (Å²) in [6.07, 6.45) is 4.91. The van der Waals surface area contributed by atoms with Gasteiger partial charge >= 0.3 is 6.03 Å². The lowest BCUT2D eigenvalue weighted by atomic mass is 9.97. The van der Waals surface area contributed by atoms with Gasteiger partial charge < -0.3 is 15.5 Å². The number of hydrogen-bond donors (Lipinski definition) is 2. The summed E-state index contributed by atoms with van der Waals surface area (Å²) in [4.78, 5) is 31.5. The number of nitrogens with zero attached hydrogens (tertiary/aromatic N) is 2. The molecule has 1 fully saturated rings. The molecule has 0 aromatic carbocycles. The number of amides is 3. The molecule has 3 amide bonds. The summed E-state index contributed by atoms with van der Waals surface area (Å²) in [5, 5.41) is 7.80. The maximum absolute atomic E-state index is 12.4. The number of thiophene rings is 1.